The molecule has 0 radical (unpaired) electrons. The van der Waals surface area contributed by atoms with Gasteiger partial charge in [0.1, 0.15) is 5.69 Å². The van der Waals surface area contributed by atoms with Crippen molar-refractivity contribution in [1.29, 1.82) is 0 Å². The molecular weight excluding hydrogens is 370 g/mol. The normalized spacial score (nSPS) is 11.4. The van der Waals surface area contributed by atoms with Crippen LogP contribution in [0.2, 0.25) is 0 Å². The van der Waals surface area contributed by atoms with Gasteiger partial charge in [0.05, 0.1) is 20.4 Å². The van der Waals surface area contributed by atoms with Crippen LogP contribution in [0.5, 0.6) is 10.9 Å². The van der Waals surface area contributed by atoms with Crippen molar-refractivity contribution in [2.45, 2.75) is 0 Å². The van der Waals surface area contributed by atoms with E-state index >= 15 is 0 Å². The summed E-state index contributed by atoms with van der Waals surface area (Å²) >= 11 is 4.84. The summed E-state index contributed by atoms with van der Waals surface area (Å²) < 4.78 is 19.0. The van der Waals surface area contributed by atoms with E-state index in [2.05, 4.69) is 26.0 Å². The van der Waals surface area contributed by atoms with E-state index in [1.54, 1.807) is 18.7 Å². The molecule has 1 aromatic carbocycles. The van der Waals surface area contributed by atoms with Gasteiger partial charge in [0.15, 0.2) is 17.1 Å². The molecule has 0 unspecified atom stereocenters. The van der Waals surface area contributed by atoms with Crippen molar-refractivity contribution >= 4 is 43.2 Å². The molecule has 6 nitrogen and oxygen atoms in total. The van der Waals surface area contributed by atoms with Gasteiger partial charge in [0, 0.05) is 9.86 Å². The molecule has 0 atom stereocenters. The number of furan rings is 1. The Morgan fingerprint density at radius 1 is 1.23 bits per heavy atom. The maximum absolute atomic E-state index is 5.91. The Labute approximate surface area is 137 Å². The monoisotopic (exact) mass is 379 g/mol. The molecule has 0 aliphatic heterocycles. The second kappa shape index (κ2) is 4.99. The first kappa shape index (κ1) is 13.6. The SMILES string of the molecule is COc1nn2cc(-c3cc4cc(Br)cc(OC)c4o3)nc2s1. The number of methoxy groups -OCH3 is 2. The van der Waals surface area contributed by atoms with Crippen molar-refractivity contribution < 1.29 is 13.9 Å². The van der Waals surface area contributed by atoms with E-state index < -0.39 is 0 Å². The molecule has 0 aliphatic rings. The highest BCUT2D eigenvalue weighted by atomic mass is 79.9. The molecule has 112 valence electrons. The highest BCUT2D eigenvalue weighted by molar-refractivity contribution is 9.10. The number of halogens is 1. The zero-order valence-corrected chi connectivity index (χ0v) is 14.1. The zero-order chi connectivity index (χ0) is 15.3. The van der Waals surface area contributed by atoms with Crippen LogP contribution in [0.4, 0.5) is 0 Å². The molecule has 0 spiro atoms. The first-order valence-electron chi connectivity index (χ1n) is 6.35. The summed E-state index contributed by atoms with van der Waals surface area (Å²) in [6, 6.07) is 5.78. The predicted molar refractivity (Wildman–Crippen MR) is 86.9 cm³/mol. The van der Waals surface area contributed by atoms with E-state index in [0.717, 1.165) is 20.5 Å². The van der Waals surface area contributed by atoms with Crippen molar-refractivity contribution in [3.05, 3.63) is 28.9 Å². The quantitative estimate of drug-likeness (QED) is 0.538. The number of hydrogen-bond acceptors (Lipinski definition) is 6. The van der Waals surface area contributed by atoms with Crippen LogP contribution < -0.4 is 9.47 Å². The molecule has 0 aliphatic carbocycles. The van der Waals surface area contributed by atoms with E-state index in [0.29, 0.717) is 22.3 Å². The average Bonchev–Trinajstić information content (AvgIpc) is 3.16. The topological polar surface area (TPSA) is 61.8 Å². The van der Waals surface area contributed by atoms with Gasteiger partial charge in [0.2, 0.25) is 4.96 Å². The van der Waals surface area contributed by atoms with Gasteiger partial charge >= 0.3 is 0 Å². The maximum atomic E-state index is 5.91. The van der Waals surface area contributed by atoms with Gasteiger partial charge in [-0.3, -0.25) is 0 Å². The number of imidazole rings is 1. The lowest BCUT2D eigenvalue weighted by molar-refractivity contribution is 0.405. The molecule has 4 rings (SSSR count). The number of fused-ring (bicyclic) bond motifs is 2. The zero-order valence-electron chi connectivity index (χ0n) is 11.7. The number of hydrogen-bond donors (Lipinski definition) is 0. The Morgan fingerprint density at radius 3 is 2.82 bits per heavy atom. The van der Waals surface area contributed by atoms with E-state index in [1.807, 2.05) is 24.4 Å². The lowest BCUT2D eigenvalue weighted by Gasteiger charge is -2.00. The fourth-order valence-electron chi connectivity index (χ4n) is 2.25. The Kier molecular flexibility index (Phi) is 3.08. The lowest BCUT2D eigenvalue weighted by atomic mass is 10.2. The van der Waals surface area contributed by atoms with E-state index in [-0.39, 0.29) is 0 Å². The third-order valence-electron chi connectivity index (χ3n) is 3.22. The minimum Gasteiger partial charge on any atom is -0.493 e. The van der Waals surface area contributed by atoms with Gasteiger partial charge in [-0.25, -0.2) is 9.50 Å². The van der Waals surface area contributed by atoms with E-state index in [9.17, 15) is 0 Å². The first-order valence-corrected chi connectivity index (χ1v) is 7.96. The molecule has 8 heteroatoms. The van der Waals surface area contributed by atoms with Gasteiger partial charge in [-0.05, 0) is 29.5 Å². The third-order valence-corrected chi connectivity index (χ3v) is 4.56. The molecule has 0 saturated heterocycles. The average molecular weight is 380 g/mol. The fraction of sp³-hybridized carbons (Fsp3) is 0.143. The first-order chi connectivity index (χ1) is 10.7. The van der Waals surface area contributed by atoms with Crippen molar-refractivity contribution in [3.8, 4) is 22.4 Å². The minimum atomic E-state index is 0.573. The Morgan fingerprint density at radius 2 is 2.09 bits per heavy atom. The number of benzene rings is 1. The highest BCUT2D eigenvalue weighted by Gasteiger charge is 2.16. The molecule has 4 aromatic rings. The molecule has 0 saturated carbocycles. The highest BCUT2D eigenvalue weighted by Crippen LogP contribution is 2.36. The Balaban J connectivity index is 1.86. The minimum absolute atomic E-state index is 0.573. The van der Waals surface area contributed by atoms with Crippen LogP contribution in [0.3, 0.4) is 0 Å². The van der Waals surface area contributed by atoms with Crippen LogP contribution in [0.15, 0.2) is 33.3 Å². The summed E-state index contributed by atoms with van der Waals surface area (Å²) in [7, 11) is 3.20. The van der Waals surface area contributed by atoms with Crippen LogP contribution in [-0.4, -0.2) is 28.8 Å². The van der Waals surface area contributed by atoms with Gasteiger partial charge in [-0.1, -0.05) is 15.9 Å². The summed E-state index contributed by atoms with van der Waals surface area (Å²) in [5, 5.41) is 5.78. The molecular formula is C14H10BrN3O3S. The third kappa shape index (κ3) is 2.06. The number of rotatable bonds is 3. The smallest absolute Gasteiger partial charge is 0.294 e. The Hall–Kier alpha value is -2.06. The number of aromatic nitrogens is 3. The molecule has 0 N–H and O–H groups in total. The molecule has 22 heavy (non-hydrogen) atoms. The van der Waals surface area contributed by atoms with Gasteiger partial charge < -0.3 is 13.9 Å². The van der Waals surface area contributed by atoms with Crippen LogP contribution in [-0.2, 0) is 0 Å². The maximum Gasteiger partial charge on any atom is 0.294 e. The molecule has 0 bridgehead atoms. The van der Waals surface area contributed by atoms with Crippen molar-refractivity contribution in [1.82, 2.24) is 14.6 Å². The summed E-state index contributed by atoms with van der Waals surface area (Å²) in [6.45, 7) is 0. The summed E-state index contributed by atoms with van der Waals surface area (Å²) in [5.74, 6) is 1.35. The van der Waals surface area contributed by atoms with Crippen molar-refractivity contribution in [2.24, 2.45) is 0 Å². The molecule has 0 amide bonds. The summed E-state index contributed by atoms with van der Waals surface area (Å²) in [6.07, 6.45) is 1.81. The largest absolute Gasteiger partial charge is 0.493 e. The van der Waals surface area contributed by atoms with Crippen LogP contribution in [0.1, 0.15) is 0 Å². The lowest BCUT2D eigenvalue weighted by Crippen LogP contribution is -1.84. The van der Waals surface area contributed by atoms with Crippen molar-refractivity contribution in [3.63, 3.8) is 0 Å². The fourth-order valence-corrected chi connectivity index (χ4v) is 3.40. The predicted octanol–water partition coefficient (Wildman–Crippen LogP) is 3.98. The Bertz CT molecular complexity index is 957. The van der Waals surface area contributed by atoms with Gasteiger partial charge in [0.25, 0.3) is 5.19 Å². The van der Waals surface area contributed by atoms with E-state index in [1.165, 1.54) is 11.3 Å². The molecule has 3 heterocycles. The summed E-state index contributed by atoms with van der Waals surface area (Å²) in [4.78, 5) is 5.27. The standard InChI is InChI=1S/C14H10BrN3O3S/c1-19-11-5-8(15)3-7-4-10(21-12(7)11)9-6-18-13(16-9)22-14(17-18)20-2/h3-6H,1-2H3. The number of nitrogens with zero attached hydrogens (tertiary/aromatic N) is 3. The van der Waals surface area contributed by atoms with E-state index in [4.69, 9.17) is 13.9 Å². The second-order valence-corrected chi connectivity index (χ2v) is 6.40. The molecule has 0 fully saturated rings. The van der Waals surface area contributed by atoms with Crippen LogP contribution in [0.25, 0.3) is 27.4 Å². The second-order valence-electron chi connectivity index (χ2n) is 4.56. The number of ether oxygens (including phenoxy) is 2. The van der Waals surface area contributed by atoms with Gasteiger partial charge in [-0.2, -0.15) is 0 Å². The van der Waals surface area contributed by atoms with Crippen molar-refractivity contribution in [2.75, 3.05) is 14.2 Å². The van der Waals surface area contributed by atoms with Crippen LogP contribution >= 0.6 is 27.3 Å². The van der Waals surface area contributed by atoms with Gasteiger partial charge in [-0.15, -0.1) is 5.10 Å². The van der Waals surface area contributed by atoms with Crippen LogP contribution in [0, 0.1) is 0 Å². The summed E-state index contributed by atoms with van der Waals surface area (Å²) in [5.41, 5.74) is 1.42. The molecule has 3 aromatic heterocycles.